The van der Waals surface area contributed by atoms with Gasteiger partial charge in [0, 0.05) is 23.9 Å². The van der Waals surface area contributed by atoms with Gasteiger partial charge in [0.05, 0.1) is 0 Å². The Hall–Kier alpha value is -0.0200. The number of Topliss-reactive ketones (excluding diaryl/α,β-unsaturated/α-hetero) is 1. The molecule has 2 nitrogen and oxygen atoms in total. The number of rotatable bonds is 0. The predicted octanol–water partition coefficient (Wildman–Crippen LogP) is 2.05. The van der Waals surface area contributed by atoms with Crippen LogP contribution in [0.3, 0.4) is 0 Å². The molecule has 1 rings (SSSR count). The maximum absolute atomic E-state index is 11.4. The first-order valence-corrected chi connectivity index (χ1v) is 4.67. The third-order valence-electron chi connectivity index (χ3n) is 2.41. The molecule has 1 saturated heterocycles. The topological polar surface area (TPSA) is 20.3 Å². The van der Waals surface area contributed by atoms with E-state index in [1.807, 2.05) is 4.31 Å². The molecule has 3 heteroatoms. The van der Waals surface area contributed by atoms with E-state index in [4.69, 9.17) is 0 Å². The molecule has 0 bridgehead atoms. The van der Waals surface area contributed by atoms with Gasteiger partial charge in [0.25, 0.3) is 0 Å². The average molecular weight is 187 g/mol. The number of hydrogen-bond acceptors (Lipinski definition) is 3. The lowest BCUT2D eigenvalue weighted by Gasteiger charge is -2.48. The molecular weight excluding hydrogens is 170 g/mol. The summed E-state index contributed by atoms with van der Waals surface area (Å²) in [5.74, 6) is 0.343. The Morgan fingerprint density at radius 2 is 1.50 bits per heavy atom. The van der Waals surface area contributed by atoms with Crippen molar-refractivity contribution in [3.05, 3.63) is 0 Å². The summed E-state index contributed by atoms with van der Waals surface area (Å²) < 4.78 is 2.00. The predicted molar refractivity (Wildman–Crippen MR) is 53.2 cm³/mol. The van der Waals surface area contributed by atoms with Gasteiger partial charge < -0.3 is 0 Å². The van der Waals surface area contributed by atoms with Crippen LogP contribution < -0.4 is 0 Å². The molecule has 0 spiro atoms. The van der Waals surface area contributed by atoms with Crippen molar-refractivity contribution in [2.75, 3.05) is 0 Å². The molecule has 0 atom stereocenters. The van der Waals surface area contributed by atoms with Gasteiger partial charge in [-0.1, -0.05) is 12.8 Å². The molecule has 0 N–H and O–H groups in total. The molecule has 1 heterocycles. The minimum absolute atomic E-state index is 0.109. The van der Waals surface area contributed by atoms with E-state index in [9.17, 15) is 4.79 Å². The number of nitrogens with zero attached hydrogens (tertiary/aromatic N) is 1. The fraction of sp³-hybridized carbons (Fsp3) is 0.889. The van der Waals surface area contributed by atoms with Crippen molar-refractivity contribution in [2.45, 2.75) is 51.6 Å². The van der Waals surface area contributed by atoms with Gasteiger partial charge in [0.1, 0.15) is 5.78 Å². The van der Waals surface area contributed by atoms with Crippen molar-refractivity contribution < 1.29 is 4.79 Å². The monoisotopic (exact) mass is 187 g/mol. The highest BCUT2D eigenvalue weighted by Gasteiger charge is 2.43. The number of carbonyl (C=O) groups is 1. The Bertz CT molecular complexity index is 191. The highest BCUT2D eigenvalue weighted by molar-refractivity contribution is 7.77. The summed E-state index contributed by atoms with van der Waals surface area (Å²) in [6.07, 6.45) is 1.22. The molecule has 12 heavy (non-hydrogen) atoms. The summed E-state index contributed by atoms with van der Waals surface area (Å²) in [6, 6.07) is 0. The van der Waals surface area contributed by atoms with Crippen LogP contribution in [0.4, 0.5) is 0 Å². The highest BCUT2D eigenvalue weighted by Crippen LogP contribution is 2.37. The number of carbonyl (C=O) groups excluding carboxylic acids is 1. The zero-order chi connectivity index (χ0) is 9.57. The minimum atomic E-state index is -0.109. The number of piperidine rings is 1. The van der Waals surface area contributed by atoms with Gasteiger partial charge in [-0.3, -0.25) is 4.79 Å². The fourth-order valence-corrected chi connectivity index (χ4v) is 2.14. The summed E-state index contributed by atoms with van der Waals surface area (Å²) in [5, 5.41) is 0. The van der Waals surface area contributed by atoms with Crippen LogP contribution in [0, 0.1) is 0 Å². The normalized spacial score (nSPS) is 28.9. The molecule has 1 aliphatic heterocycles. The third kappa shape index (κ3) is 1.67. The minimum Gasteiger partial charge on any atom is -0.300 e. The summed E-state index contributed by atoms with van der Waals surface area (Å²) in [4.78, 5) is 11.4. The molecule has 1 aliphatic rings. The zero-order valence-corrected chi connectivity index (χ0v) is 9.11. The number of hydrogen-bond donors (Lipinski definition) is 1. The van der Waals surface area contributed by atoms with Crippen molar-refractivity contribution >= 4 is 18.6 Å². The highest BCUT2D eigenvalue weighted by atomic mass is 32.1. The van der Waals surface area contributed by atoms with Crippen molar-refractivity contribution in [1.29, 1.82) is 0 Å². The maximum atomic E-state index is 11.4. The maximum Gasteiger partial charge on any atom is 0.136 e. The van der Waals surface area contributed by atoms with Crippen molar-refractivity contribution in [1.82, 2.24) is 4.31 Å². The first-order chi connectivity index (χ1) is 5.26. The molecule has 0 aromatic carbocycles. The van der Waals surface area contributed by atoms with E-state index in [2.05, 4.69) is 40.5 Å². The lowest BCUT2D eigenvalue weighted by Crippen LogP contribution is -2.56. The van der Waals surface area contributed by atoms with E-state index >= 15 is 0 Å². The van der Waals surface area contributed by atoms with Crippen LogP contribution in [0.5, 0.6) is 0 Å². The molecule has 0 radical (unpaired) electrons. The van der Waals surface area contributed by atoms with E-state index in [1.165, 1.54) is 0 Å². The Morgan fingerprint density at radius 3 is 1.83 bits per heavy atom. The first kappa shape index (κ1) is 10.1. The van der Waals surface area contributed by atoms with E-state index in [-0.39, 0.29) is 11.1 Å². The van der Waals surface area contributed by atoms with Crippen molar-refractivity contribution in [2.24, 2.45) is 0 Å². The van der Waals surface area contributed by atoms with Crippen LogP contribution in [-0.4, -0.2) is 21.2 Å². The summed E-state index contributed by atoms with van der Waals surface area (Å²) in [5.41, 5.74) is -0.218. The van der Waals surface area contributed by atoms with Crippen LogP contribution in [0.2, 0.25) is 0 Å². The van der Waals surface area contributed by atoms with Crippen LogP contribution in [0.25, 0.3) is 0 Å². The SMILES string of the molecule is CC1(C)CC(=O)CC(C)(C)N1S. The van der Waals surface area contributed by atoms with E-state index in [1.54, 1.807) is 0 Å². The van der Waals surface area contributed by atoms with Crippen LogP contribution in [-0.2, 0) is 4.79 Å². The molecule has 0 saturated carbocycles. The van der Waals surface area contributed by atoms with Gasteiger partial charge in [-0.25, -0.2) is 4.31 Å². The summed E-state index contributed by atoms with van der Waals surface area (Å²) >= 11 is 4.44. The van der Waals surface area contributed by atoms with Gasteiger partial charge in [-0.15, -0.1) is 0 Å². The second-order valence-electron chi connectivity index (χ2n) is 4.83. The quantitative estimate of drug-likeness (QED) is 0.586. The van der Waals surface area contributed by atoms with Gasteiger partial charge in [-0.2, -0.15) is 0 Å². The van der Waals surface area contributed by atoms with E-state index in [0.717, 1.165) is 0 Å². The molecule has 0 aromatic heterocycles. The first-order valence-electron chi connectivity index (χ1n) is 4.27. The average Bonchev–Trinajstić information content (AvgIpc) is 1.80. The van der Waals surface area contributed by atoms with Crippen LogP contribution >= 0.6 is 12.8 Å². The second kappa shape index (κ2) is 2.74. The molecular formula is C9H17NOS. The van der Waals surface area contributed by atoms with E-state index < -0.39 is 0 Å². The standard InChI is InChI=1S/C9H17NOS/c1-8(2)5-7(11)6-9(3,4)10(8)12/h12H,5-6H2,1-4H3. The molecule has 1 fully saturated rings. The Kier molecular flexibility index (Phi) is 2.30. The fourth-order valence-electron chi connectivity index (χ4n) is 2.00. The molecule has 0 aliphatic carbocycles. The van der Waals surface area contributed by atoms with Crippen molar-refractivity contribution in [3.63, 3.8) is 0 Å². The number of ketones is 1. The Morgan fingerprint density at radius 1 is 1.17 bits per heavy atom. The Labute approximate surface area is 79.9 Å². The molecule has 70 valence electrons. The van der Waals surface area contributed by atoms with Crippen molar-refractivity contribution in [3.8, 4) is 0 Å². The summed E-state index contributed by atoms with van der Waals surface area (Å²) in [6.45, 7) is 8.22. The second-order valence-corrected chi connectivity index (χ2v) is 5.23. The van der Waals surface area contributed by atoms with Crippen LogP contribution in [0.15, 0.2) is 0 Å². The van der Waals surface area contributed by atoms with Gasteiger partial charge in [-0.05, 0) is 27.7 Å². The Balaban J connectivity index is 2.91. The number of thiol groups is 1. The summed E-state index contributed by atoms with van der Waals surface area (Å²) in [7, 11) is 0. The van der Waals surface area contributed by atoms with Gasteiger partial charge >= 0.3 is 0 Å². The smallest absolute Gasteiger partial charge is 0.136 e. The lowest BCUT2D eigenvalue weighted by atomic mass is 9.82. The largest absolute Gasteiger partial charge is 0.300 e. The van der Waals surface area contributed by atoms with Crippen LogP contribution in [0.1, 0.15) is 40.5 Å². The zero-order valence-electron chi connectivity index (χ0n) is 8.22. The molecule has 0 aromatic rings. The van der Waals surface area contributed by atoms with Gasteiger partial charge in [0.15, 0.2) is 0 Å². The third-order valence-corrected chi connectivity index (χ3v) is 3.49. The van der Waals surface area contributed by atoms with E-state index in [0.29, 0.717) is 18.6 Å². The molecule has 0 unspecified atom stereocenters. The molecule has 0 amide bonds. The lowest BCUT2D eigenvalue weighted by molar-refractivity contribution is -0.127. The van der Waals surface area contributed by atoms with Gasteiger partial charge in [0.2, 0.25) is 0 Å².